The Hall–Kier alpha value is -1.59. The molecule has 0 bridgehead atoms. The minimum absolute atomic E-state index is 0.174. The number of hydrogen-bond donors (Lipinski definition) is 2. The lowest BCUT2D eigenvalue weighted by molar-refractivity contribution is 0.426. The predicted molar refractivity (Wildman–Crippen MR) is 53.4 cm³/mol. The number of aromatic nitrogens is 2. The van der Waals surface area contributed by atoms with Crippen molar-refractivity contribution in [1.82, 2.24) is 9.55 Å². The van der Waals surface area contributed by atoms with E-state index in [1.807, 2.05) is 0 Å². The zero-order valence-electron chi connectivity index (χ0n) is 10.2. The Morgan fingerprint density at radius 2 is 2.00 bits per heavy atom. The van der Waals surface area contributed by atoms with Gasteiger partial charge in [-0.05, 0) is 17.6 Å². The van der Waals surface area contributed by atoms with E-state index in [1.54, 1.807) is 0 Å². The molecule has 2 N–H and O–H groups in total. The average molecular weight is 191 g/mol. The maximum Gasteiger partial charge on any atom is 0.488 e. The van der Waals surface area contributed by atoms with Gasteiger partial charge in [-0.1, -0.05) is 12.1 Å². The fraction of sp³-hybridized carbons (Fsp3) is 0. The van der Waals surface area contributed by atoms with E-state index in [0.717, 1.165) is 0 Å². The van der Waals surface area contributed by atoms with Crippen LogP contribution in [0, 0.1) is 0 Å². The van der Waals surface area contributed by atoms with Crippen LogP contribution in [0.2, 0.25) is 0 Å². The molecule has 0 aliphatic rings. The second-order valence-electron chi connectivity index (χ2n) is 2.74. The lowest BCUT2D eigenvalue weighted by Crippen LogP contribution is -2.29. The van der Waals surface area contributed by atoms with Crippen molar-refractivity contribution in [3.05, 3.63) is 42.9 Å². The number of nitrogens with zero attached hydrogens (tertiary/aromatic N) is 2. The molecule has 70 valence electrons. The zero-order chi connectivity index (χ0) is 12.6. The lowest BCUT2D eigenvalue weighted by Gasteiger charge is -2.03. The van der Waals surface area contributed by atoms with Gasteiger partial charge in [0.2, 0.25) is 0 Å². The normalized spacial score (nSPS) is 13.1. The van der Waals surface area contributed by atoms with Crippen LogP contribution in [0.15, 0.2) is 42.9 Å². The summed E-state index contributed by atoms with van der Waals surface area (Å²) >= 11 is 0. The van der Waals surface area contributed by atoms with Gasteiger partial charge < -0.3 is 14.6 Å². The first-order valence-corrected chi connectivity index (χ1v) is 3.99. The van der Waals surface area contributed by atoms with Crippen molar-refractivity contribution in [2.45, 2.75) is 0 Å². The van der Waals surface area contributed by atoms with Crippen molar-refractivity contribution in [2.75, 3.05) is 0 Å². The first-order valence-electron chi connectivity index (χ1n) is 5.49. The van der Waals surface area contributed by atoms with Crippen molar-refractivity contribution in [2.24, 2.45) is 0 Å². The van der Waals surface area contributed by atoms with Gasteiger partial charge in [0, 0.05) is 18.0 Å². The highest BCUT2D eigenvalue weighted by Crippen LogP contribution is 2.04. The van der Waals surface area contributed by atoms with E-state index in [4.69, 9.17) is 14.2 Å². The van der Waals surface area contributed by atoms with Gasteiger partial charge in [-0.25, -0.2) is 4.98 Å². The molecule has 4 nitrogen and oxygen atoms in total. The highest BCUT2D eigenvalue weighted by atomic mass is 16.4. The summed E-state index contributed by atoms with van der Waals surface area (Å²) in [4.78, 5) is 3.55. The van der Waals surface area contributed by atoms with Crippen LogP contribution in [0.4, 0.5) is 0 Å². The Kier molecular flexibility index (Phi) is 1.57. The van der Waals surface area contributed by atoms with Crippen LogP contribution in [0.5, 0.6) is 0 Å². The minimum atomic E-state index is -1.55. The van der Waals surface area contributed by atoms with Crippen molar-refractivity contribution in [1.29, 1.82) is 0 Å². The van der Waals surface area contributed by atoms with Gasteiger partial charge in [0.05, 0.1) is 9.04 Å². The molecule has 0 fully saturated rings. The molecule has 0 radical (unpaired) electrons. The largest absolute Gasteiger partial charge is 0.488 e. The summed E-state index contributed by atoms with van der Waals surface area (Å²) < 4.78 is 23.6. The van der Waals surface area contributed by atoms with Crippen molar-refractivity contribution in [3.63, 3.8) is 0 Å². The molecule has 0 spiro atoms. The molecule has 1 aromatic carbocycles. The third kappa shape index (κ3) is 1.68. The van der Waals surface area contributed by atoms with E-state index in [0.29, 0.717) is 11.2 Å². The van der Waals surface area contributed by atoms with Crippen molar-refractivity contribution in [3.8, 4) is 5.69 Å². The summed E-state index contributed by atoms with van der Waals surface area (Å²) in [6, 6.07) is 6.02. The molecule has 5 heteroatoms. The van der Waals surface area contributed by atoms with E-state index >= 15 is 0 Å². The van der Waals surface area contributed by atoms with E-state index in [2.05, 4.69) is 4.98 Å². The Labute approximate surface area is 85.8 Å². The van der Waals surface area contributed by atoms with Crippen molar-refractivity contribution >= 4 is 12.6 Å². The Morgan fingerprint density at radius 3 is 2.50 bits per heavy atom. The van der Waals surface area contributed by atoms with Gasteiger partial charge in [-0.15, -0.1) is 0 Å². The summed E-state index contributed by atoms with van der Waals surface area (Å²) in [5.41, 5.74) is 0.799. The number of benzene rings is 1. The first kappa shape index (κ1) is 6.00. The maximum absolute atomic E-state index is 8.93. The van der Waals surface area contributed by atoms with Crippen LogP contribution in [0.25, 0.3) is 5.69 Å². The van der Waals surface area contributed by atoms with Crippen LogP contribution in [0.1, 0.15) is 4.11 Å². The molecule has 0 unspecified atom stereocenters. The molecule has 14 heavy (non-hydrogen) atoms. The highest BCUT2D eigenvalue weighted by molar-refractivity contribution is 6.58. The maximum atomic E-state index is 8.93. The second kappa shape index (κ2) is 3.65. The molecule has 0 aliphatic heterocycles. The Morgan fingerprint density at radius 1 is 1.29 bits per heavy atom. The summed E-state index contributed by atoms with van der Waals surface area (Å²) in [5, 5.41) is 17.9. The molecule has 2 rings (SSSR count). The first-order chi connectivity index (χ1) is 8.00. The van der Waals surface area contributed by atoms with Gasteiger partial charge >= 0.3 is 7.12 Å². The van der Waals surface area contributed by atoms with Gasteiger partial charge in [-0.3, -0.25) is 0 Å². The molecule has 0 aliphatic carbocycles. The van der Waals surface area contributed by atoms with Gasteiger partial charge in [-0.2, -0.15) is 0 Å². The van der Waals surface area contributed by atoms with E-state index in [9.17, 15) is 0 Å². The SMILES string of the molecule is [2H]c1nc([2H])n(-c2ccc(B(O)O)cc2)c1[2H]. The molecule has 1 heterocycles. The minimum Gasteiger partial charge on any atom is -0.423 e. The van der Waals surface area contributed by atoms with E-state index < -0.39 is 7.12 Å². The summed E-state index contributed by atoms with van der Waals surface area (Å²) in [5.74, 6) is 0. The van der Waals surface area contributed by atoms with E-state index in [1.165, 1.54) is 28.8 Å². The van der Waals surface area contributed by atoms with E-state index in [-0.39, 0.29) is 18.6 Å². The molecule has 0 amide bonds. The molecular weight excluding hydrogens is 179 g/mol. The second-order valence-corrected chi connectivity index (χ2v) is 2.74. The highest BCUT2D eigenvalue weighted by Gasteiger charge is 2.09. The van der Waals surface area contributed by atoms with Crippen LogP contribution in [0.3, 0.4) is 0 Å². The predicted octanol–water partition coefficient (Wildman–Crippen LogP) is -0.448. The smallest absolute Gasteiger partial charge is 0.423 e. The number of hydrogen-bond acceptors (Lipinski definition) is 3. The van der Waals surface area contributed by atoms with Crippen LogP contribution in [-0.2, 0) is 0 Å². The van der Waals surface area contributed by atoms with Crippen LogP contribution >= 0.6 is 0 Å². The fourth-order valence-corrected chi connectivity index (χ4v) is 1.09. The molecular formula is C9H9BN2O2. The van der Waals surface area contributed by atoms with Gasteiger partial charge in [0.15, 0.2) is 0 Å². The number of rotatable bonds is 2. The summed E-state index contributed by atoms with van der Waals surface area (Å²) in [7, 11) is -1.55. The lowest BCUT2D eigenvalue weighted by atomic mass is 9.80. The van der Waals surface area contributed by atoms with Crippen molar-refractivity contribution < 1.29 is 14.2 Å². The monoisotopic (exact) mass is 191 g/mol. The quantitative estimate of drug-likeness (QED) is 0.632. The summed E-state index contributed by atoms with van der Waals surface area (Å²) in [6.07, 6.45) is -0.633. The van der Waals surface area contributed by atoms with Crippen LogP contribution < -0.4 is 5.46 Å². The third-order valence-corrected chi connectivity index (χ3v) is 1.82. The Bertz CT molecular complexity index is 542. The standard InChI is InChI=1S/C9H9BN2O2/c13-10(14)8-1-3-9(4-2-8)12-6-5-11-7-12/h1-7,13-14H/i5D,6D,7D. The van der Waals surface area contributed by atoms with Gasteiger partial charge in [0.25, 0.3) is 0 Å². The van der Waals surface area contributed by atoms with Crippen LogP contribution in [-0.4, -0.2) is 26.7 Å². The number of imidazole rings is 1. The fourth-order valence-electron chi connectivity index (χ4n) is 1.09. The molecule has 1 aromatic heterocycles. The topological polar surface area (TPSA) is 58.3 Å². The third-order valence-electron chi connectivity index (χ3n) is 1.82. The molecule has 0 saturated carbocycles. The molecule has 2 aromatic rings. The Balaban J connectivity index is 2.47. The average Bonchev–Trinajstić information content (AvgIpc) is 2.53. The summed E-state index contributed by atoms with van der Waals surface area (Å²) in [6.45, 7) is 0. The zero-order valence-corrected chi connectivity index (χ0v) is 7.18. The van der Waals surface area contributed by atoms with Gasteiger partial charge in [0.1, 0.15) is 1.37 Å². The molecule has 0 atom stereocenters. The molecule has 0 saturated heterocycles.